The van der Waals surface area contributed by atoms with E-state index in [9.17, 15) is 4.39 Å². The van der Waals surface area contributed by atoms with E-state index >= 15 is 0 Å². The highest BCUT2D eigenvalue weighted by Gasteiger charge is 2.08. The predicted octanol–water partition coefficient (Wildman–Crippen LogP) is 2.48. The first-order chi connectivity index (χ1) is 8.08. The molecular formula is C10H10ClFN4S. The summed E-state index contributed by atoms with van der Waals surface area (Å²) in [6, 6.07) is 4.28. The molecule has 1 heterocycles. The molecule has 4 nitrogen and oxygen atoms in total. The molecule has 0 amide bonds. The maximum absolute atomic E-state index is 13.0. The minimum atomic E-state index is -0.303. The summed E-state index contributed by atoms with van der Waals surface area (Å²) in [4.78, 5) is 0. The first-order valence-electron chi connectivity index (χ1n) is 4.79. The third kappa shape index (κ3) is 2.70. The normalized spacial score (nSPS) is 10.8. The van der Waals surface area contributed by atoms with Crippen LogP contribution in [0.25, 0.3) is 0 Å². The average molecular weight is 273 g/mol. The molecular weight excluding hydrogens is 263 g/mol. The molecule has 7 heteroatoms. The number of hydrogen-bond acceptors (Lipinski definition) is 4. The molecule has 0 aliphatic carbocycles. The number of aromatic nitrogens is 3. The van der Waals surface area contributed by atoms with Crippen molar-refractivity contribution in [1.82, 2.24) is 14.8 Å². The van der Waals surface area contributed by atoms with Crippen molar-refractivity contribution >= 4 is 29.3 Å². The monoisotopic (exact) mass is 272 g/mol. The summed E-state index contributed by atoms with van der Waals surface area (Å²) >= 11 is 7.36. The van der Waals surface area contributed by atoms with Gasteiger partial charge in [0, 0.05) is 17.8 Å². The first-order valence-corrected chi connectivity index (χ1v) is 6.16. The van der Waals surface area contributed by atoms with Gasteiger partial charge in [-0.2, -0.15) is 0 Å². The van der Waals surface area contributed by atoms with Gasteiger partial charge in [0.05, 0.1) is 0 Å². The molecule has 0 unspecified atom stereocenters. The summed E-state index contributed by atoms with van der Waals surface area (Å²) in [7, 11) is 1.77. The summed E-state index contributed by atoms with van der Waals surface area (Å²) < 4.78 is 14.7. The van der Waals surface area contributed by atoms with Crippen molar-refractivity contribution in [2.45, 2.75) is 10.9 Å². The van der Waals surface area contributed by atoms with Gasteiger partial charge < -0.3 is 5.73 Å². The molecule has 2 rings (SSSR count). The van der Waals surface area contributed by atoms with Gasteiger partial charge in [0.2, 0.25) is 5.95 Å². The fourth-order valence-electron chi connectivity index (χ4n) is 1.25. The van der Waals surface area contributed by atoms with Crippen LogP contribution in [0.15, 0.2) is 23.4 Å². The van der Waals surface area contributed by atoms with Crippen LogP contribution in [0.5, 0.6) is 0 Å². The minimum absolute atomic E-state index is 0.303. The fourth-order valence-corrected chi connectivity index (χ4v) is 2.42. The Bertz CT molecular complexity index is 543. The molecule has 0 saturated carbocycles. The van der Waals surface area contributed by atoms with Gasteiger partial charge in [-0.25, -0.2) is 4.39 Å². The molecule has 0 spiro atoms. The summed E-state index contributed by atoms with van der Waals surface area (Å²) in [5.74, 6) is 0.558. The quantitative estimate of drug-likeness (QED) is 0.872. The Hall–Kier alpha value is -1.27. The molecule has 2 N–H and O–H groups in total. The number of nitrogens with zero attached hydrogens (tertiary/aromatic N) is 3. The van der Waals surface area contributed by atoms with E-state index in [2.05, 4.69) is 10.2 Å². The minimum Gasteiger partial charge on any atom is -0.368 e. The number of benzene rings is 1. The Morgan fingerprint density at radius 2 is 2.24 bits per heavy atom. The van der Waals surface area contributed by atoms with Gasteiger partial charge in [-0.15, -0.1) is 10.2 Å². The van der Waals surface area contributed by atoms with Gasteiger partial charge in [-0.1, -0.05) is 23.4 Å². The molecule has 17 heavy (non-hydrogen) atoms. The highest BCUT2D eigenvalue weighted by Crippen LogP contribution is 2.26. The molecule has 0 aliphatic heterocycles. The Balaban J connectivity index is 2.12. The second-order valence-electron chi connectivity index (χ2n) is 3.42. The van der Waals surface area contributed by atoms with Crippen LogP contribution in [0, 0.1) is 5.82 Å². The fraction of sp³-hybridized carbons (Fsp3) is 0.200. The van der Waals surface area contributed by atoms with Crippen LogP contribution in [-0.4, -0.2) is 14.8 Å². The van der Waals surface area contributed by atoms with Gasteiger partial charge in [0.1, 0.15) is 5.82 Å². The van der Waals surface area contributed by atoms with E-state index in [1.54, 1.807) is 11.6 Å². The Morgan fingerprint density at radius 1 is 1.47 bits per heavy atom. The van der Waals surface area contributed by atoms with Crippen LogP contribution >= 0.6 is 23.4 Å². The molecule has 0 bridgehead atoms. The molecule has 0 fully saturated rings. The van der Waals surface area contributed by atoms with E-state index in [0.717, 1.165) is 5.56 Å². The second-order valence-corrected chi connectivity index (χ2v) is 4.77. The SMILES string of the molecule is Cn1c(N)nnc1SCc1cc(F)ccc1Cl. The largest absolute Gasteiger partial charge is 0.368 e. The van der Waals surface area contributed by atoms with E-state index in [0.29, 0.717) is 21.9 Å². The van der Waals surface area contributed by atoms with E-state index in [-0.39, 0.29) is 5.82 Å². The van der Waals surface area contributed by atoms with Crippen LogP contribution in [0.2, 0.25) is 5.02 Å². The van der Waals surface area contributed by atoms with Gasteiger partial charge in [0.15, 0.2) is 5.16 Å². The van der Waals surface area contributed by atoms with Crippen molar-refractivity contribution in [1.29, 1.82) is 0 Å². The zero-order chi connectivity index (χ0) is 12.4. The van der Waals surface area contributed by atoms with Gasteiger partial charge in [0.25, 0.3) is 0 Å². The van der Waals surface area contributed by atoms with Crippen molar-refractivity contribution < 1.29 is 4.39 Å². The van der Waals surface area contributed by atoms with Crippen molar-refractivity contribution in [3.8, 4) is 0 Å². The van der Waals surface area contributed by atoms with Crippen molar-refractivity contribution in [3.05, 3.63) is 34.6 Å². The number of halogens is 2. The highest BCUT2D eigenvalue weighted by molar-refractivity contribution is 7.98. The lowest BCUT2D eigenvalue weighted by Crippen LogP contribution is -1.98. The molecule has 0 saturated heterocycles. The lowest BCUT2D eigenvalue weighted by molar-refractivity contribution is 0.626. The Labute approximate surface area is 107 Å². The third-order valence-corrected chi connectivity index (χ3v) is 3.67. The number of nitrogen functional groups attached to an aromatic ring is 1. The zero-order valence-corrected chi connectivity index (χ0v) is 10.6. The van der Waals surface area contributed by atoms with E-state index < -0.39 is 0 Å². The lowest BCUT2D eigenvalue weighted by atomic mass is 10.2. The standard InChI is InChI=1S/C10H10ClFN4S/c1-16-9(13)14-15-10(16)17-5-6-4-7(12)2-3-8(6)11/h2-4H,5H2,1H3,(H2,13,14). The van der Waals surface area contributed by atoms with E-state index in [1.807, 2.05) is 0 Å². The number of thioether (sulfide) groups is 1. The van der Waals surface area contributed by atoms with Gasteiger partial charge in [-0.3, -0.25) is 4.57 Å². The maximum Gasteiger partial charge on any atom is 0.222 e. The van der Waals surface area contributed by atoms with Gasteiger partial charge >= 0.3 is 0 Å². The number of hydrogen-bond donors (Lipinski definition) is 1. The molecule has 1 aromatic carbocycles. The smallest absolute Gasteiger partial charge is 0.222 e. The van der Waals surface area contributed by atoms with Gasteiger partial charge in [-0.05, 0) is 23.8 Å². The molecule has 0 atom stereocenters. The first kappa shape index (κ1) is 12.2. The Kier molecular flexibility index (Phi) is 3.54. The highest BCUT2D eigenvalue weighted by atomic mass is 35.5. The molecule has 1 aromatic heterocycles. The second kappa shape index (κ2) is 4.93. The lowest BCUT2D eigenvalue weighted by Gasteiger charge is -2.04. The molecule has 0 radical (unpaired) electrons. The number of anilines is 1. The van der Waals surface area contributed by atoms with Crippen molar-refractivity contribution in [2.75, 3.05) is 5.73 Å². The molecule has 2 aromatic rings. The third-order valence-electron chi connectivity index (χ3n) is 2.23. The zero-order valence-electron chi connectivity index (χ0n) is 9.02. The number of rotatable bonds is 3. The summed E-state index contributed by atoms with van der Waals surface area (Å²) in [6.07, 6.45) is 0. The summed E-state index contributed by atoms with van der Waals surface area (Å²) in [6.45, 7) is 0. The average Bonchev–Trinajstić information content (AvgIpc) is 2.62. The van der Waals surface area contributed by atoms with Crippen LogP contribution < -0.4 is 5.73 Å². The van der Waals surface area contributed by atoms with Crippen molar-refractivity contribution in [2.24, 2.45) is 7.05 Å². The number of nitrogens with two attached hydrogens (primary N) is 1. The topological polar surface area (TPSA) is 56.7 Å². The summed E-state index contributed by atoms with van der Waals surface area (Å²) in [5.41, 5.74) is 6.27. The van der Waals surface area contributed by atoms with Crippen LogP contribution in [0.1, 0.15) is 5.56 Å². The molecule has 90 valence electrons. The van der Waals surface area contributed by atoms with E-state index in [4.69, 9.17) is 17.3 Å². The maximum atomic E-state index is 13.0. The predicted molar refractivity (Wildman–Crippen MR) is 66.4 cm³/mol. The van der Waals surface area contributed by atoms with Crippen LogP contribution in [0.3, 0.4) is 0 Å². The van der Waals surface area contributed by atoms with E-state index in [1.165, 1.54) is 30.0 Å². The van der Waals surface area contributed by atoms with Crippen LogP contribution in [0.4, 0.5) is 10.3 Å². The molecule has 0 aliphatic rings. The van der Waals surface area contributed by atoms with Crippen molar-refractivity contribution in [3.63, 3.8) is 0 Å². The summed E-state index contributed by atoms with van der Waals surface area (Å²) in [5, 5.41) is 8.83. The Morgan fingerprint density at radius 3 is 2.88 bits per heavy atom. The van der Waals surface area contributed by atoms with Crippen LogP contribution in [-0.2, 0) is 12.8 Å².